The van der Waals surface area contributed by atoms with E-state index < -0.39 is 5.95 Å². The van der Waals surface area contributed by atoms with E-state index in [1.54, 1.807) is 12.3 Å². The molecule has 0 amide bonds. The highest BCUT2D eigenvalue weighted by Crippen LogP contribution is 2.46. The zero-order chi connectivity index (χ0) is 24.2. The monoisotopic (exact) mass is 482 g/mol. The topological polar surface area (TPSA) is 101 Å². The van der Waals surface area contributed by atoms with Gasteiger partial charge < -0.3 is 16.0 Å². The number of aryl methyl sites for hydroxylation is 1. The summed E-state index contributed by atoms with van der Waals surface area (Å²) >= 11 is 0. The first-order chi connectivity index (χ1) is 17.6. The predicted octanol–water partition coefficient (Wildman–Crippen LogP) is 4.57. The molecule has 0 spiro atoms. The molecule has 2 aliphatic carbocycles. The van der Waals surface area contributed by atoms with Crippen LogP contribution in [0.1, 0.15) is 36.3 Å². The summed E-state index contributed by atoms with van der Waals surface area (Å²) in [6, 6.07) is 7.24. The Bertz CT molecular complexity index is 1460. The number of hydrogen-bond donors (Lipinski definition) is 3. The van der Waals surface area contributed by atoms with Gasteiger partial charge in [0.2, 0.25) is 5.95 Å². The Morgan fingerprint density at radius 2 is 1.86 bits per heavy atom. The molecule has 4 aromatic rings. The number of anilines is 3. The second-order valence-electron chi connectivity index (χ2n) is 10.2. The van der Waals surface area contributed by atoms with E-state index in [0.29, 0.717) is 41.3 Å². The molecule has 2 atom stereocenters. The minimum atomic E-state index is -0.539. The molecule has 2 unspecified atom stereocenters. The molecule has 3 aliphatic rings. The van der Waals surface area contributed by atoms with E-state index in [1.807, 2.05) is 31.5 Å². The van der Waals surface area contributed by atoms with Crippen molar-refractivity contribution < 1.29 is 4.39 Å². The number of hydrogen-bond acceptors (Lipinski definition) is 8. The van der Waals surface area contributed by atoms with Gasteiger partial charge in [0.15, 0.2) is 5.82 Å². The van der Waals surface area contributed by atoms with E-state index in [2.05, 4.69) is 30.9 Å². The number of rotatable bonds is 6. The maximum Gasteiger partial charge on any atom is 0.214 e. The Kier molecular flexibility index (Phi) is 5.06. The van der Waals surface area contributed by atoms with Gasteiger partial charge in [0, 0.05) is 42.5 Å². The van der Waals surface area contributed by atoms with Crippen molar-refractivity contribution >= 4 is 28.4 Å². The van der Waals surface area contributed by atoms with Crippen LogP contribution < -0.4 is 16.0 Å². The number of pyridine rings is 3. The molecule has 3 N–H and O–H groups in total. The van der Waals surface area contributed by atoms with Crippen molar-refractivity contribution in [1.29, 1.82) is 0 Å². The number of aromatic nitrogens is 5. The van der Waals surface area contributed by atoms with Crippen molar-refractivity contribution in [2.24, 2.45) is 11.8 Å². The van der Waals surface area contributed by atoms with E-state index in [1.165, 1.54) is 30.9 Å². The Hall–Kier alpha value is -3.72. The summed E-state index contributed by atoms with van der Waals surface area (Å²) in [7, 11) is 0. The molecule has 1 saturated heterocycles. The maximum absolute atomic E-state index is 13.7. The van der Waals surface area contributed by atoms with Crippen LogP contribution in [0.15, 0.2) is 42.9 Å². The Labute approximate surface area is 208 Å². The van der Waals surface area contributed by atoms with Crippen molar-refractivity contribution in [3.8, 4) is 11.4 Å². The molecule has 0 aromatic carbocycles. The molecule has 9 heteroatoms. The van der Waals surface area contributed by atoms with Gasteiger partial charge in [-0.2, -0.15) is 4.39 Å². The fourth-order valence-corrected chi connectivity index (χ4v) is 5.55. The predicted molar refractivity (Wildman–Crippen MR) is 137 cm³/mol. The molecule has 2 saturated carbocycles. The zero-order valence-electron chi connectivity index (χ0n) is 20.0. The van der Waals surface area contributed by atoms with Crippen molar-refractivity contribution in [1.82, 2.24) is 30.2 Å². The molecular formula is C27H27FN8. The molecular weight excluding hydrogens is 455 g/mol. The minimum Gasteiger partial charge on any atom is -0.366 e. The summed E-state index contributed by atoms with van der Waals surface area (Å²) in [5.41, 5.74) is 3.75. The van der Waals surface area contributed by atoms with E-state index in [0.717, 1.165) is 40.9 Å². The fraction of sp³-hybridized carbons (Fsp3) is 0.370. The summed E-state index contributed by atoms with van der Waals surface area (Å²) in [6.45, 7) is 3.99. The van der Waals surface area contributed by atoms with Crippen molar-refractivity contribution in [2.75, 3.05) is 23.7 Å². The van der Waals surface area contributed by atoms with Gasteiger partial charge in [-0.05, 0) is 66.8 Å². The van der Waals surface area contributed by atoms with E-state index in [9.17, 15) is 4.39 Å². The molecule has 8 nitrogen and oxygen atoms in total. The zero-order valence-corrected chi connectivity index (χ0v) is 20.0. The maximum atomic E-state index is 13.7. The van der Waals surface area contributed by atoms with E-state index >= 15 is 0 Å². The van der Waals surface area contributed by atoms with Crippen molar-refractivity contribution in [3.63, 3.8) is 0 Å². The van der Waals surface area contributed by atoms with Gasteiger partial charge >= 0.3 is 0 Å². The van der Waals surface area contributed by atoms with Crippen LogP contribution in [0.5, 0.6) is 0 Å². The lowest BCUT2D eigenvalue weighted by atomic mass is 9.79. The van der Waals surface area contributed by atoms with Gasteiger partial charge in [-0.3, -0.25) is 4.98 Å². The van der Waals surface area contributed by atoms with Crippen molar-refractivity contribution in [3.05, 3.63) is 59.9 Å². The van der Waals surface area contributed by atoms with Crippen LogP contribution in [0, 0.1) is 24.7 Å². The number of nitrogens with one attached hydrogen (secondary N) is 3. The molecule has 4 aromatic heterocycles. The standard InChI is InChI=1S/C27H27FN8/c1-14-5-6-21(28)33-25(14)34-22-9-16(7-8-31-22)26-32-20-13-30-10-17(15-3-2-4-15)23(20)27(36-26)35-24-18-11-29-12-19(18)24/h5-10,13,15,18-19,24,29H,2-4,11-12H2,1H3,(H,31,33,34)(H,32,35,36). The third kappa shape index (κ3) is 3.74. The van der Waals surface area contributed by atoms with Crippen molar-refractivity contribution in [2.45, 2.75) is 38.1 Å². The summed E-state index contributed by atoms with van der Waals surface area (Å²) in [4.78, 5) is 22.9. The largest absolute Gasteiger partial charge is 0.366 e. The molecule has 5 heterocycles. The van der Waals surface area contributed by atoms with E-state index in [4.69, 9.17) is 9.97 Å². The van der Waals surface area contributed by atoms with Crippen LogP contribution in [-0.4, -0.2) is 44.1 Å². The first-order valence-electron chi connectivity index (χ1n) is 12.6. The Balaban J connectivity index is 1.28. The molecule has 0 bridgehead atoms. The van der Waals surface area contributed by atoms with Crippen LogP contribution in [0.3, 0.4) is 0 Å². The first kappa shape index (κ1) is 21.6. The summed E-state index contributed by atoms with van der Waals surface area (Å²) in [5, 5.41) is 11.5. The quantitative estimate of drug-likeness (QED) is 0.344. The molecule has 0 radical (unpaired) electrons. The molecule has 7 rings (SSSR count). The van der Waals surface area contributed by atoms with Crippen LogP contribution in [0.2, 0.25) is 0 Å². The summed E-state index contributed by atoms with van der Waals surface area (Å²) < 4.78 is 13.7. The van der Waals surface area contributed by atoms with Crippen LogP contribution in [0.4, 0.5) is 21.8 Å². The minimum absolute atomic E-state index is 0.435. The van der Waals surface area contributed by atoms with Gasteiger partial charge in [-0.25, -0.2) is 19.9 Å². The Morgan fingerprint density at radius 1 is 1.00 bits per heavy atom. The fourth-order valence-electron chi connectivity index (χ4n) is 5.55. The second kappa shape index (κ2) is 8.44. The third-order valence-electron chi connectivity index (χ3n) is 7.90. The van der Waals surface area contributed by atoms with Gasteiger partial charge in [0.1, 0.15) is 17.5 Å². The number of nitrogens with zero attached hydrogens (tertiary/aromatic N) is 5. The number of fused-ring (bicyclic) bond motifs is 2. The van der Waals surface area contributed by atoms with Gasteiger partial charge in [0.05, 0.1) is 11.7 Å². The number of piperidine rings is 1. The average molecular weight is 483 g/mol. The lowest BCUT2D eigenvalue weighted by molar-refractivity contribution is 0.421. The average Bonchev–Trinajstić information content (AvgIpc) is 3.25. The highest BCUT2D eigenvalue weighted by molar-refractivity contribution is 5.93. The molecule has 3 fully saturated rings. The van der Waals surface area contributed by atoms with E-state index in [-0.39, 0.29) is 0 Å². The van der Waals surface area contributed by atoms with Gasteiger partial charge in [0.25, 0.3) is 0 Å². The number of halogens is 1. The first-order valence-corrected chi connectivity index (χ1v) is 12.6. The SMILES string of the molecule is Cc1ccc(F)nc1Nc1cc(-c2nc(NC3C4CNCC43)c3c(C4CCC4)cncc3n2)ccn1. The van der Waals surface area contributed by atoms with Gasteiger partial charge in [-0.1, -0.05) is 12.5 Å². The van der Waals surface area contributed by atoms with Crippen LogP contribution in [-0.2, 0) is 0 Å². The normalized spacial score (nSPS) is 22.8. The second-order valence-corrected chi connectivity index (χ2v) is 10.2. The van der Waals surface area contributed by atoms with Crippen LogP contribution >= 0.6 is 0 Å². The summed E-state index contributed by atoms with van der Waals surface area (Å²) in [6.07, 6.45) is 9.17. The lowest BCUT2D eigenvalue weighted by Gasteiger charge is -2.27. The molecule has 182 valence electrons. The smallest absolute Gasteiger partial charge is 0.214 e. The summed E-state index contributed by atoms with van der Waals surface area (Å²) in [5.74, 6) is 3.79. The highest BCUT2D eigenvalue weighted by atomic mass is 19.1. The lowest BCUT2D eigenvalue weighted by Crippen LogP contribution is -2.22. The molecule has 36 heavy (non-hydrogen) atoms. The Morgan fingerprint density at radius 3 is 2.67 bits per heavy atom. The molecule has 1 aliphatic heterocycles. The van der Waals surface area contributed by atoms with Gasteiger partial charge in [-0.15, -0.1) is 0 Å². The van der Waals surface area contributed by atoms with Crippen LogP contribution in [0.25, 0.3) is 22.3 Å². The third-order valence-corrected chi connectivity index (χ3v) is 7.90. The highest BCUT2D eigenvalue weighted by Gasteiger charge is 2.53.